The zero-order chi connectivity index (χ0) is 21.0. The molecule has 0 saturated heterocycles. The Hall–Kier alpha value is -2.93. The molecule has 0 unspecified atom stereocenters. The lowest BCUT2D eigenvalue weighted by atomic mass is 9.89. The van der Waals surface area contributed by atoms with Crippen molar-refractivity contribution in [2.24, 2.45) is 0 Å². The Morgan fingerprint density at radius 2 is 1.86 bits per heavy atom. The van der Waals surface area contributed by atoms with Crippen LogP contribution in [-0.2, 0) is 17.6 Å². The highest BCUT2D eigenvalue weighted by molar-refractivity contribution is 5.95. The number of nitro benzene ring substituents is 1. The fourth-order valence-corrected chi connectivity index (χ4v) is 3.81. The van der Waals surface area contributed by atoms with Gasteiger partial charge >= 0.3 is 0 Å². The molecule has 0 aliphatic heterocycles. The lowest BCUT2D eigenvalue weighted by molar-refractivity contribution is -0.709. The molecule has 1 aliphatic rings. The molecule has 1 aliphatic carbocycles. The number of non-ortho nitro benzene ring substituents is 1. The van der Waals surface area contributed by atoms with Crippen molar-refractivity contribution in [2.45, 2.75) is 51.6 Å². The smallest absolute Gasteiger partial charge is 0.282 e. The summed E-state index contributed by atoms with van der Waals surface area (Å²) < 4.78 is 5.19. The van der Waals surface area contributed by atoms with Crippen LogP contribution >= 0.6 is 0 Å². The van der Waals surface area contributed by atoms with Crippen LogP contribution in [0.2, 0.25) is 0 Å². The maximum absolute atomic E-state index is 12.7. The van der Waals surface area contributed by atoms with E-state index in [9.17, 15) is 14.9 Å². The molecule has 0 aromatic heterocycles. The first-order valence-corrected chi connectivity index (χ1v) is 9.99. The summed E-state index contributed by atoms with van der Waals surface area (Å²) in [4.78, 5) is 23.1. The number of hydrogen-bond acceptors (Lipinski definition) is 4. The maximum Gasteiger partial charge on any atom is 0.282 e. The van der Waals surface area contributed by atoms with Crippen LogP contribution in [0, 0.1) is 10.1 Å². The largest absolute Gasteiger partial charge is 0.494 e. The van der Waals surface area contributed by atoms with Crippen molar-refractivity contribution < 1.29 is 19.8 Å². The van der Waals surface area contributed by atoms with Crippen molar-refractivity contribution in [2.75, 3.05) is 12.4 Å². The van der Waals surface area contributed by atoms with Gasteiger partial charge in [0.05, 0.1) is 23.8 Å². The van der Waals surface area contributed by atoms with E-state index in [1.165, 1.54) is 54.8 Å². The van der Waals surface area contributed by atoms with E-state index in [1.807, 2.05) is 12.2 Å². The van der Waals surface area contributed by atoms with Gasteiger partial charge in [0.15, 0.2) is 6.04 Å². The number of fused-ring (bicyclic) bond motifs is 1. The van der Waals surface area contributed by atoms with E-state index in [0.29, 0.717) is 5.69 Å². The van der Waals surface area contributed by atoms with Gasteiger partial charge in [0.25, 0.3) is 11.6 Å². The first-order chi connectivity index (χ1) is 13.9. The zero-order valence-electron chi connectivity index (χ0n) is 17.1. The Labute approximate surface area is 170 Å². The van der Waals surface area contributed by atoms with Crippen molar-refractivity contribution in [1.82, 2.24) is 0 Å². The van der Waals surface area contributed by atoms with E-state index in [4.69, 9.17) is 4.74 Å². The van der Waals surface area contributed by atoms with E-state index in [2.05, 4.69) is 30.4 Å². The second kappa shape index (κ2) is 9.05. The summed E-state index contributed by atoms with van der Waals surface area (Å²) in [5.41, 5.74) is 4.44. The van der Waals surface area contributed by atoms with Crippen LogP contribution < -0.4 is 15.4 Å². The van der Waals surface area contributed by atoms with Gasteiger partial charge in [0.2, 0.25) is 0 Å². The van der Waals surface area contributed by atoms with Crippen molar-refractivity contribution in [3.8, 4) is 5.75 Å². The maximum atomic E-state index is 12.7. The zero-order valence-corrected chi connectivity index (χ0v) is 17.1. The Morgan fingerprint density at radius 1 is 1.14 bits per heavy atom. The quantitative estimate of drug-likeness (QED) is 0.553. The fourth-order valence-electron chi connectivity index (χ4n) is 3.81. The van der Waals surface area contributed by atoms with Gasteiger partial charge in [-0.15, -0.1) is 0 Å². The summed E-state index contributed by atoms with van der Waals surface area (Å²) in [5.74, 6) is 0.0875. The molecule has 0 bridgehead atoms. The molecule has 1 amide bonds. The predicted octanol–water partition coefficient (Wildman–Crippen LogP) is 3.13. The molecule has 0 saturated carbocycles. The molecule has 154 valence electrons. The summed E-state index contributed by atoms with van der Waals surface area (Å²) in [6, 6.07) is 10.6. The summed E-state index contributed by atoms with van der Waals surface area (Å²) in [5, 5.41) is 15.8. The van der Waals surface area contributed by atoms with Crippen LogP contribution in [0.3, 0.4) is 0 Å². The number of nitrogens with two attached hydrogens (primary N) is 1. The third kappa shape index (κ3) is 4.92. The number of nitrogens with zero attached hydrogens (tertiary/aromatic N) is 1. The molecule has 2 aromatic rings. The SMILES string of the molecule is COc1cc([N+](=O)[O-])ccc1NC(=O)[C@H](C)[NH2+][C@@H](C)c1ccc2c(c1)CCCC2. The summed E-state index contributed by atoms with van der Waals surface area (Å²) in [6.07, 6.45) is 4.79. The summed E-state index contributed by atoms with van der Waals surface area (Å²) in [6.45, 7) is 3.95. The second-order valence-corrected chi connectivity index (χ2v) is 7.64. The Bertz CT molecular complexity index is 913. The highest BCUT2D eigenvalue weighted by atomic mass is 16.6. The van der Waals surface area contributed by atoms with Crippen molar-refractivity contribution in [3.05, 3.63) is 63.2 Å². The van der Waals surface area contributed by atoms with Gasteiger partial charge in [0.1, 0.15) is 11.8 Å². The van der Waals surface area contributed by atoms with Crippen LogP contribution in [-0.4, -0.2) is 24.0 Å². The number of rotatable bonds is 7. The molecule has 7 heteroatoms. The number of nitro groups is 1. The second-order valence-electron chi connectivity index (χ2n) is 7.64. The minimum atomic E-state index is -0.495. The molecular weight excluding hydrogens is 370 g/mol. The minimum Gasteiger partial charge on any atom is -0.494 e. The lowest BCUT2D eigenvalue weighted by Gasteiger charge is -2.20. The van der Waals surface area contributed by atoms with Gasteiger partial charge in [-0.2, -0.15) is 0 Å². The number of methoxy groups -OCH3 is 1. The standard InChI is InChI=1S/C22H27N3O4/c1-14(17-9-8-16-6-4-5-7-18(16)12-17)23-15(2)22(26)24-20-11-10-19(25(27)28)13-21(20)29-3/h8-15,23H,4-7H2,1-3H3,(H,24,26)/p+1/t14-,15-/m0/s1. The van der Waals surface area contributed by atoms with Crippen molar-refractivity contribution in [3.63, 3.8) is 0 Å². The number of quaternary nitrogens is 1. The van der Waals surface area contributed by atoms with E-state index < -0.39 is 4.92 Å². The average Bonchev–Trinajstić information content (AvgIpc) is 2.73. The van der Waals surface area contributed by atoms with Gasteiger partial charge in [-0.25, -0.2) is 0 Å². The number of benzene rings is 2. The first kappa shape index (κ1) is 20.8. The van der Waals surface area contributed by atoms with Gasteiger partial charge in [0, 0.05) is 11.6 Å². The summed E-state index contributed by atoms with van der Waals surface area (Å²) >= 11 is 0. The van der Waals surface area contributed by atoms with Crippen LogP contribution in [0.1, 0.15) is 49.4 Å². The van der Waals surface area contributed by atoms with Gasteiger partial charge in [-0.1, -0.05) is 12.1 Å². The van der Waals surface area contributed by atoms with Crippen LogP contribution in [0.4, 0.5) is 11.4 Å². The first-order valence-electron chi connectivity index (χ1n) is 9.99. The van der Waals surface area contributed by atoms with Crippen LogP contribution in [0.5, 0.6) is 5.75 Å². The number of carbonyl (C=O) groups is 1. The number of aryl methyl sites for hydroxylation is 2. The molecule has 0 heterocycles. The van der Waals surface area contributed by atoms with E-state index in [-0.39, 0.29) is 29.4 Å². The minimum absolute atomic E-state index is 0.0829. The van der Waals surface area contributed by atoms with E-state index in [0.717, 1.165) is 12.8 Å². The van der Waals surface area contributed by atoms with Crippen molar-refractivity contribution >= 4 is 17.3 Å². The molecule has 3 rings (SSSR count). The van der Waals surface area contributed by atoms with Gasteiger partial charge < -0.3 is 15.4 Å². The van der Waals surface area contributed by atoms with Gasteiger partial charge in [-0.05, 0) is 62.8 Å². The molecular formula is C22H28N3O4+. The molecule has 29 heavy (non-hydrogen) atoms. The normalized spacial score (nSPS) is 15.1. The van der Waals surface area contributed by atoms with Gasteiger partial charge in [-0.3, -0.25) is 14.9 Å². The highest BCUT2D eigenvalue weighted by Crippen LogP contribution is 2.29. The number of ether oxygens (including phenoxy) is 1. The molecule has 7 nitrogen and oxygen atoms in total. The third-order valence-electron chi connectivity index (χ3n) is 5.54. The Kier molecular flexibility index (Phi) is 6.49. The van der Waals surface area contributed by atoms with E-state index >= 15 is 0 Å². The lowest BCUT2D eigenvalue weighted by Crippen LogP contribution is -2.91. The molecule has 3 N–H and O–H groups in total. The number of nitrogens with one attached hydrogen (secondary N) is 1. The Morgan fingerprint density at radius 3 is 2.55 bits per heavy atom. The number of hydrogen-bond donors (Lipinski definition) is 2. The number of anilines is 1. The monoisotopic (exact) mass is 398 g/mol. The molecule has 0 radical (unpaired) electrons. The topological polar surface area (TPSA) is 98.1 Å². The highest BCUT2D eigenvalue weighted by Gasteiger charge is 2.23. The number of amides is 1. The number of carbonyl (C=O) groups excluding carboxylic acids is 1. The van der Waals surface area contributed by atoms with Crippen LogP contribution in [0.25, 0.3) is 0 Å². The summed E-state index contributed by atoms with van der Waals surface area (Å²) in [7, 11) is 1.42. The fraction of sp³-hybridized carbons (Fsp3) is 0.409. The third-order valence-corrected chi connectivity index (χ3v) is 5.54. The molecule has 0 fully saturated rings. The van der Waals surface area contributed by atoms with Crippen molar-refractivity contribution in [1.29, 1.82) is 0 Å². The predicted molar refractivity (Wildman–Crippen MR) is 111 cm³/mol. The Balaban J connectivity index is 1.65. The van der Waals surface area contributed by atoms with Crippen LogP contribution in [0.15, 0.2) is 36.4 Å². The molecule has 2 aromatic carbocycles. The molecule has 0 spiro atoms. The average molecular weight is 398 g/mol. The van der Waals surface area contributed by atoms with E-state index in [1.54, 1.807) is 0 Å². The molecule has 2 atom stereocenters.